The molecule has 1 aromatic heterocycles. The number of methoxy groups -OCH3 is 2. The number of benzene rings is 1. The number of nitrogens with zero attached hydrogens (tertiary/aromatic N) is 3. The van der Waals surface area contributed by atoms with Crippen molar-refractivity contribution >= 4 is 5.91 Å². The van der Waals surface area contributed by atoms with Gasteiger partial charge in [-0.1, -0.05) is 0 Å². The number of carbonyl (C=O) groups is 1. The molecule has 1 aromatic carbocycles. The molecule has 7 nitrogen and oxygen atoms in total. The van der Waals surface area contributed by atoms with Crippen LogP contribution in [0.1, 0.15) is 22.7 Å². The van der Waals surface area contributed by atoms with Crippen molar-refractivity contribution in [1.29, 1.82) is 0 Å². The molecule has 0 saturated carbocycles. The van der Waals surface area contributed by atoms with Crippen LogP contribution in [0.4, 0.5) is 0 Å². The minimum atomic E-state index is -0.381. The number of carbonyl (C=O) groups excluding carboxylic acids is 1. The number of hydrogen-bond acceptors (Lipinski definition) is 5. The molecule has 0 spiro atoms. The number of aryl methyl sites for hydroxylation is 1. The summed E-state index contributed by atoms with van der Waals surface area (Å²) in [5, 5.41) is 7.30. The van der Waals surface area contributed by atoms with Crippen LogP contribution in [0.15, 0.2) is 24.5 Å². The highest BCUT2D eigenvalue weighted by molar-refractivity contribution is 5.83. The standard InChI is InChI=1S/C19H26N4O3/c1-20-18(15-11-21-22(2)12-15)19(24)23-7-5-13-9-16(25-3)17(26-4)10-14(13)6-8-23/h9-12,18,20H,5-8H2,1-4H3. The van der Waals surface area contributed by atoms with Crippen molar-refractivity contribution in [3.8, 4) is 11.5 Å². The SMILES string of the molecule is CNC(C(=O)N1CCc2cc(OC)c(OC)cc2CC1)c1cnn(C)c1. The van der Waals surface area contributed by atoms with Gasteiger partial charge in [-0.25, -0.2) is 0 Å². The van der Waals surface area contributed by atoms with Crippen LogP contribution in [0.3, 0.4) is 0 Å². The number of amides is 1. The molecule has 1 unspecified atom stereocenters. The van der Waals surface area contributed by atoms with Crippen molar-refractivity contribution in [2.75, 3.05) is 34.4 Å². The van der Waals surface area contributed by atoms with Crippen LogP contribution in [0.25, 0.3) is 0 Å². The molecular formula is C19H26N4O3. The third-order valence-electron chi connectivity index (χ3n) is 4.91. The second-order valence-electron chi connectivity index (χ2n) is 6.47. The molecule has 1 aliphatic rings. The smallest absolute Gasteiger partial charge is 0.244 e. The van der Waals surface area contributed by atoms with E-state index in [9.17, 15) is 4.79 Å². The van der Waals surface area contributed by atoms with Gasteiger partial charge in [-0.2, -0.15) is 5.10 Å². The molecule has 140 valence electrons. The Morgan fingerprint density at radius 2 is 1.73 bits per heavy atom. The molecule has 3 rings (SSSR count). The van der Waals surface area contributed by atoms with E-state index in [-0.39, 0.29) is 11.9 Å². The average molecular weight is 358 g/mol. The zero-order valence-electron chi connectivity index (χ0n) is 15.8. The van der Waals surface area contributed by atoms with Gasteiger partial charge >= 0.3 is 0 Å². The van der Waals surface area contributed by atoms with E-state index in [1.165, 1.54) is 11.1 Å². The first-order chi connectivity index (χ1) is 12.6. The van der Waals surface area contributed by atoms with E-state index < -0.39 is 0 Å². The molecule has 1 N–H and O–H groups in total. The fourth-order valence-electron chi connectivity index (χ4n) is 3.48. The predicted octanol–water partition coefficient (Wildman–Crippen LogP) is 1.33. The summed E-state index contributed by atoms with van der Waals surface area (Å²) in [4.78, 5) is 15.0. The molecule has 0 aliphatic carbocycles. The number of ether oxygens (including phenoxy) is 2. The Balaban J connectivity index is 1.78. The largest absolute Gasteiger partial charge is 0.493 e. The quantitative estimate of drug-likeness (QED) is 0.873. The van der Waals surface area contributed by atoms with E-state index >= 15 is 0 Å². The van der Waals surface area contributed by atoms with E-state index in [0.29, 0.717) is 13.1 Å². The van der Waals surface area contributed by atoms with Gasteiger partial charge in [-0.05, 0) is 43.1 Å². The molecule has 2 heterocycles. The van der Waals surface area contributed by atoms with Gasteiger partial charge in [0.15, 0.2) is 11.5 Å². The van der Waals surface area contributed by atoms with Gasteiger partial charge in [0, 0.05) is 31.9 Å². The van der Waals surface area contributed by atoms with E-state index in [4.69, 9.17) is 9.47 Å². The fourth-order valence-corrected chi connectivity index (χ4v) is 3.48. The van der Waals surface area contributed by atoms with Crippen molar-refractivity contribution < 1.29 is 14.3 Å². The molecule has 0 bridgehead atoms. The van der Waals surface area contributed by atoms with Crippen LogP contribution in [0.2, 0.25) is 0 Å². The van der Waals surface area contributed by atoms with Gasteiger partial charge in [-0.3, -0.25) is 9.48 Å². The van der Waals surface area contributed by atoms with Gasteiger partial charge in [-0.15, -0.1) is 0 Å². The number of nitrogens with one attached hydrogen (secondary N) is 1. The zero-order valence-corrected chi connectivity index (χ0v) is 15.8. The highest BCUT2D eigenvalue weighted by Gasteiger charge is 2.27. The van der Waals surface area contributed by atoms with Crippen molar-refractivity contribution in [2.45, 2.75) is 18.9 Å². The summed E-state index contributed by atoms with van der Waals surface area (Å²) in [5.41, 5.74) is 3.30. The fraction of sp³-hybridized carbons (Fsp3) is 0.474. The minimum Gasteiger partial charge on any atom is -0.493 e. The second kappa shape index (κ2) is 7.78. The van der Waals surface area contributed by atoms with Gasteiger partial charge in [0.05, 0.1) is 20.4 Å². The van der Waals surface area contributed by atoms with E-state index in [2.05, 4.69) is 10.4 Å². The van der Waals surface area contributed by atoms with Crippen LogP contribution < -0.4 is 14.8 Å². The lowest BCUT2D eigenvalue weighted by Gasteiger charge is -2.25. The lowest BCUT2D eigenvalue weighted by molar-refractivity contribution is -0.133. The Kier molecular flexibility index (Phi) is 5.46. The zero-order chi connectivity index (χ0) is 18.7. The first-order valence-corrected chi connectivity index (χ1v) is 8.75. The third-order valence-corrected chi connectivity index (χ3v) is 4.91. The van der Waals surface area contributed by atoms with Gasteiger partial charge in [0.25, 0.3) is 0 Å². The van der Waals surface area contributed by atoms with Crippen molar-refractivity contribution in [3.05, 3.63) is 41.2 Å². The maximum Gasteiger partial charge on any atom is 0.244 e. The Morgan fingerprint density at radius 1 is 1.15 bits per heavy atom. The van der Waals surface area contributed by atoms with Crippen LogP contribution in [-0.4, -0.2) is 54.9 Å². The number of aromatic nitrogens is 2. The summed E-state index contributed by atoms with van der Waals surface area (Å²) in [6.45, 7) is 1.36. The second-order valence-corrected chi connectivity index (χ2v) is 6.47. The summed E-state index contributed by atoms with van der Waals surface area (Å²) in [6.07, 6.45) is 5.21. The Labute approximate surface area is 153 Å². The normalized spacial score (nSPS) is 15.2. The van der Waals surface area contributed by atoms with Crippen molar-refractivity contribution in [2.24, 2.45) is 7.05 Å². The number of hydrogen-bond donors (Lipinski definition) is 1. The van der Waals surface area contributed by atoms with E-state index in [1.54, 1.807) is 32.1 Å². The van der Waals surface area contributed by atoms with Crippen LogP contribution in [0.5, 0.6) is 11.5 Å². The molecular weight excluding hydrogens is 332 g/mol. The maximum absolute atomic E-state index is 13.1. The van der Waals surface area contributed by atoms with Crippen LogP contribution in [0, 0.1) is 0 Å². The summed E-state index contributed by atoms with van der Waals surface area (Å²) in [5.74, 6) is 1.54. The Hall–Kier alpha value is -2.54. The lowest BCUT2D eigenvalue weighted by atomic mass is 10.0. The molecule has 0 radical (unpaired) electrons. The highest BCUT2D eigenvalue weighted by Crippen LogP contribution is 2.32. The lowest BCUT2D eigenvalue weighted by Crippen LogP contribution is -2.41. The van der Waals surface area contributed by atoms with E-state index in [1.807, 2.05) is 30.3 Å². The summed E-state index contributed by atoms with van der Waals surface area (Å²) < 4.78 is 12.5. The first kappa shape index (κ1) is 18.3. The monoisotopic (exact) mass is 358 g/mol. The molecule has 1 amide bonds. The Morgan fingerprint density at radius 3 is 2.15 bits per heavy atom. The summed E-state index contributed by atoms with van der Waals surface area (Å²) in [6, 6.07) is 3.67. The molecule has 1 aliphatic heterocycles. The van der Waals surface area contributed by atoms with Crippen molar-refractivity contribution in [3.63, 3.8) is 0 Å². The first-order valence-electron chi connectivity index (χ1n) is 8.75. The van der Waals surface area contributed by atoms with Gasteiger partial charge in [0.2, 0.25) is 5.91 Å². The molecule has 0 saturated heterocycles. The topological polar surface area (TPSA) is 68.6 Å². The van der Waals surface area contributed by atoms with Crippen LogP contribution >= 0.6 is 0 Å². The van der Waals surface area contributed by atoms with Gasteiger partial charge < -0.3 is 19.7 Å². The summed E-state index contributed by atoms with van der Waals surface area (Å²) in [7, 11) is 6.94. The highest BCUT2D eigenvalue weighted by atomic mass is 16.5. The maximum atomic E-state index is 13.1. The molecule has 26 heavy (non-hydrogen) atoms. The average Bonchev–Trinajstić information content (AvgIpc) is 2.96. The molecule has 7 heteroatoms. The van der Waals surface area contributed by atoms with Crippen LogP contribution in [-0.2, 0) is 24.7 Å². The molecule has 2 aromatic rings. The van der Waals surface area contributed by atoms with E-state index in [0.717, 1.165) is 29.9 Å². The summed E-state index contributed by atoms with van der Waals surface area (Å²) >= 11 is 0. The minimum absolute atomic E-state index is 0.0761. The molecule has 0 fully saturated rings. The molecule has 1 atom stereocenters. The number of rotatable bonds is 5. The van der Waals surface area contributed by atoms with Crippen molar-refractivity contribution in [1.82, 2.24) is 20.0 Å². The van der Waals surface area contributed by atoms with Gasteiger partial charge in [0.1, 0.15) is 6.04 Å². The predicted molar refractivity (Wildman–Crippen MR) is 98.5 cm³/mol. The Bertz CT molecular complexity index is 752. The number of likely N-dealkylation sites (N-methyl/N-ethyl adjacent to an activating group) is 1. The number of fused-ring (bicyclic) bond motifs is 1. The third kappa shape index (κ3) is 3.53.